The van der Waals surface area contributed by atoms with E-state index in [1.165, 1.54) is 55.7 Å². The number of aromatic nitrogens is 5. The number of nitrogens with one attached hydrogen (secondary N) is 3. The molecular formula is C38H45N5. The van der Waals surface area contributed by atoms with E-state index in [1.807, 2.05) is 0 Å². The van der Waals surface area contributed by atoms with Crippen LogP contribution < -0.4 is 0 Å². The first-order valence-electron chi connectivity index (χ1n) is 15.9. The van der Waals surface area contributed by atoms with Crippen molar-refractivity contribution in [2.45, 2.75) is 94.9 Å². The summed E-state index contributed by atoms with van der Waals surface area (Å²) in [5.74, 6) is 0. The van der Waals surface area contributed by atoms with E-state index in [9.17, 15) is 0 Å². The largest absolute Gasteiger partial charge is 0.355 e. The maximum Gasteiger partial charge on any atom is 0.0929 e. The second kappa shape index (κ2) is 10.9. The van der Waals surface area contributed by atoms with E-state index in [0.717, 1.165) is 81.6 Å². The summed E-state index contributed by atoms with van der Waals surface area (Å²) in [5, 5.41) is 0. The summed E-state index contributed by atoms with van der Waals surface area (Å²) in [4.78, 5) is 21.9. The molecule has 43 heavy (non-hydrogen) atoms. The number of aromatic amines is 3. The van der Waals surface area contributed by atoms with Crippen LogP contribution in [0.4, 0.5) is 0 Å². The Labute approximate surface area is 255 Å². The van der Waals surface area contributed by atoms with Crippen molar-refractivity contribution in [3.05, 3.63) is 80.4 Å². The molecule has 222 valence electrons. The third kappa shape index (κ3) is 4.52. The first kappa shape index (κ1) is 29.0. The molecule has 0 fully saturated rings. The number of rotatable bonds is 4. The van der Waals surface area contributed by atoms with Crippen LogP contribution in [-0.4, -0.2) is 24.9 Å². The van der Waals surface area contributed by atoms with E-state index >= 15 is 0 Å². The zero-order chi connectivity index (χ0) is 30.7. The van der Waals surface area contributed by atoms with Gasteiger partial charge < -0.3 is 15.0 Å². The average Bonchev–Trinajstić information content (AvgIpc) is 3.72. The highest BCUT2D eigenvalue weighted by Crippen LogP contribution is 2.40. The zero-order valence-electron chi connectivity index (χ0n) is 27.5. The molecule has 0 spiro atoms. The monoisotopic (exact) mass is 571 g/mol. The number of nitrogens with zero attached hydrogens (tertiary/aromatic N) is 2. The van der Waals surface area contributed by atoms with E-state index in [0.29, 0.717) is 0 Å². The number of hydrogen-bond donors (Lipinski definition) is 3. The number of allylic oxidation sites excluding steroid dienone is 4. The van der Waals surface area contributed by atoms with Gasteiger partial charge in [-0.1, -0.05) is 27.7 Å². The minimum atomic E-state index is 0.925. The number of H-pyrrole nitrogens is 3. The molecule has 0 unspecified atom stereocenters. The maximum atomic E-state index is 5.30. The van der Waals surface area contributed by atoms with Crippen molar-refractivity contribution in [1.29, 1.82) is 0 Å². The summed E-state index contributed by atoms with van der Waals surface area (Å²) in [6, 6.07) is 9.08. The molecule has 3 N–H and O–H groups in total. The molecule has 0 aromatic carbocycles. The minimum Gasteiger partial charge on any atom is -0.355 e. The Bertz CT molecular complexity index is 1920. The van der Waals surface area contributed by atoms with Gasteiger partial charge in [0.05, 0.1) is 22.8 Å². The first-order chi connectivity index (χ1) is 20.6. The second-order valence-electron chi connectivity index (χ2n) is 12.2. The van der Waals surface area contributed by atoms with Gasteiger partial charge in [-0.15, -0.1) is 0 Å². The normalized spacial score (nSPS) is 13.5. The Hall–Kier alpha value is -4.12. The van der Waals surface area contributed by atoms with Crippen molar-refractivity contribution >= 4 is 55.4 Å². The summed E-state index contributed by atoms with van der Waals surface area (Å²) in [5.41, 5.74) is 23.8. The van der Waals surface area contributed by atoms with E-state index in [4.69, 9.17) is 9.97 Å². The Morgan fingerprint density at radius 1 is 0.442 bits per heavy atom. The predicted molar refractivity (Wildman–Crippen MR) is 185 cm³/mol. The van der Waals surface area contributed by atoms with Crippen LogP contribution in [0.2, 0.25) is 0 Å². The van der Waals surface area contributed by atoms with E-state index in [2.05, 4.69) is 108 Å². The predicted octanol–water partition coefficient (Wildman–Crippen LogP) is 10.4. The van der Waals surface area contributed by atoms with Crippen molar-refractivity contribution in [1.82, 2.24) is 24.9 Å². The molecule has 6 rings (SSSR count). The molecule has 2 aliphatic heterocycles. The van der Waals surface area contributed by atoms with Gasteiger partial charge in [-0.25, -0.2) is 9.97 Å². The number of hydrogen-bond acceptors (Lipinski definition) is 2. The summed E-state index contributed by atoms with van der Waals surface area (Å²) in [6.45, 7) is 22.3. The lowest BCUT2D eigenvalue weighted by atomic mass is 9.99. The van der Waals surface area contributed by atoms with Crippen molar-refractivity contribution in [3.8, 4) is 0 Å². The summed E-state index contributed by atoms with van der Waals surface area (Å²) in [7, 11) is 0. The lowest BCUT2D eigenvalue weighted by molar-refractivity contribution is 1.14. The highest BCUT2D eigenvalue weighted by atomic mass is 14.8. The topological polar surface area (TPSA) is 73.2 Å². The molecule has 4 aromatic rings. The van der Waals surface area contributed by atoms with Crippen molar-refractivity contribution in [2.75, 3.05) is 0 Å². The summed E-state index contributed by atoms with van der Waals surface area (Å²) < 4.78 is 0. The van der Waals surface area contributed by atoms with Crippen molar-refractivity contribution in [3.63, 3.8) is 0 Å². The molecule has 10 bridgehead atoms. The van der Waals surface area contributed by atoms with E-state index < -0.39 is 0 Å². The number of fused-ring (bicyclic) bond motifs is 11. The van der Waals surface area contributed by atoms with Gasteiger partial charge in [0.1, 0.15) is 0 Å². The van der Waals surface area contributed by atoms with Crippen molar-refractivity contribution in [2.24, 2.45) is 0 Å². The van der Waals surface area contributed by atoms with Crippen LogP contribution in [0.25, 0.3) is 55.4 Å². The van der Waals surface area contributed by atoms with Crippen LogP contribution in [0.15, 0.2) is 24.3 Å². The molecule has 0 atom stereocenters. The summed E-state index contributed by atoms with van der Waals surface area (Å²) >= 11 is 0. The molecule has 5 heteroatoms. The molecule has 6 heterocycles. The molecule has 5 nitrogen and oxygen atoms in total. The van der Waals surface area contributed by atoms with Crippen LogP contribution >= 0.6 is 0 Å². The Balaban J connectivity index is 1.84. The van der Waals surface area contributed by atoms with Gasteiger partial charge in [0.15, 0.2) is 0 Å². The lowest BCUT2D eigenvalue weighted by Crippen LogP contribution is -1.88. The molecule has 4 aromatic heterocycles. The molecule has 0 radical (unpaired) electrons. The molecule has 0 saturated carbocycles. The zero-order valence-corrected chi connectivity index (χ0v) is 27.5. The molecule has 0 aliphatic carbocycles. The molecule has 2 aliphatic rings. The van der Waals surface area contributed by atoms with Gasteiger partial charge in [0, 0.05) is 33.1 Å². The number of aryl methyl sites for hydroxylation is 6. The highest BCUT2D eigenvalue weighted by molar-refractivity contribution is 5.99. The van der Waals surface area contributed by atoms with Gasteiger partial charge in [-0.05, 0) is 147 Å². The Kier molecular flexibility index (Phi) is 7.32. The standard InChI is InChI=1S/C38H45N5/c1-11-25-21(7)31-15-29-19(5)20(6)30(39-29)16-32-22(8)26(12-2)34(41-32)18-36-28(14-4)24(10)38(43-36)37-23(9)27(13-3)35(42-37)17-33(25)40-31/h15-18,39-41H,11-14H2,1-10H3. The average molecular weight is 572 g/mol. The van der Waals surface area contributed by atoms with Crippen LogP contribution in [0.1, 0.15) is 111 Å². The highest BCUT2D eigenvalue weighted by Gasteiger charge is 2.25. The van der Waals surface area contributed by atoms with E-state index in [-0.39, 0.29) is 0 Å². The Morgan fingerprint density at radius 2 is 0.791 bits per heavy atom. The third-order valence-electron chi connectivity index (χ3n) is 10.0. The van der Waals surface area contributed by atoms with Gasteiger partial charge in [-0.3, -0.25) is 0 Å². The summed E-state index contributed by atoms with van der Waals surface area (Å²) in [6.07, 6.45) is 3.76. The van der Waals surface area contributed by atoms with Crippen molar-refractivity contribution < 1.29 is 0 Å². The van der Waals surface area contributed by atoms with Gasteiger partial charge in [-0.2, -0.15) is 0 Å². The fourth-order valence-electron chi connectivity index (χ4n) is 7.20. The second-order valence-corrected chi connectivity index (χ2v) is 12.2. The third-order valence-corrected chi connectivity index (χ3v) is 10.0. The Morgan fingerprint density at radius 3 is 1.14 bits per heavy atom. The van der Waals surface area contributed by atoms with Crippen LogP contribution in [-0.2, 0) is 12.8 Å². The molecular weight excluding hydrogens is 526 g/mol. The lowest BCUT2D eigenvalue weighted by Gasteiger charge is -2.02. The minimum absolute atomic E-state index is 0.925. The molecule has 0 saturated heterocycles. The van der Waals surface area contributed by atoms with Crippen LogP contribution in [0, 0.1) is 27.7 Å². The fourth-order valence-corrected chi connectivity index (χ4v) is 7.20. The fraction of sp³-hybridized carbons (Fsp3) is 0.368. The first-order valence-corrected chi connectivity index (χ1v) is 15.9. The van der Waals surface area contributed by atoms with Gasteiger partial charge in [0.2, 0.25) is 0 Å². The van der Waals surface area contributed by atoms with Gasteiger partial charge in [0.25, 0.3) is 0 Å². The molecule has 0 amide bonds. The van der Waals surface area contributed by atoms with Crippen LogP contribution in [0.3, 0.4) is 0 Å². The quantitative estimate of drug-likeness (QED) is 0.228. The van der Waals surface area contributed by atoms with Gasteiger partial charge >= 0.3 is 0 Å². The maximum absolute atomic E-state index is 5.30. The smallest absolute Gasteiger partial charge is 0.0929 e. The van der Waals surface area contributed by atoms with E-state index in [1.54, 1.807) is 0 Å². The SMILES string of the molecule is CCC1=C(C)c2nc1cc1[nH]c(cc3[nH]c(cc4[nH]c(cc5nc2C(C)=C5CC)c(CC)c4C)c(C)c3C)c(C)c1CC. The van der Waals surface area contributed by atoms with Crippen LogP contribution in [0.5, 0.6) is 0 Å².